The molecular weight excluding hydrogens is 206 g/mol. The Morgan fingerprint density at radius 3 is 2.31 bits per heavy atom. The van der Waals surface area contributed by atoms with E-state index in [2.05, 4.69) is 5.32 Å². The van der Waals surface area contributed by atoms with E-state index in [4.69, 9.17) is 0 Å². The zero-order valence-corrected chi connectivity index (χ0v) is 10.1. The summed E-state index contributed by atoms with van der Waals surface area (Å²) in [6.45, 7) is 4.23. The topological polar surface area (TPSA) is 66.4 Å². The van der Waals surface area contributed by atoms with E-state index in [1.165, 1.54) is 0 Å². The number of hydrogen-bond acceptors (Lipinski definition) is 2. The van der Waals surface area contributed by atoms with Crippen molar-refractivity contribution in [2.24, 2.45) is 11.3 Å². The highest BCUT2D eigenvalue weighted by molar-refractivity contribution is 5.79. The fraction of sp³-hybridized carbons (Fsp3) is 0.833. The molecule has 1 rings (SSSR count). The van der Waals surface area contributed by atoms with Gasteiger partial charge in [-0.25, -0.2) is 0 Å². The predicted molar refractivity (Wildman–Crippen MR) is 61.0 cm³/mol. The summed E-state index contributed by atoms with van der Waals surface area (Å²) in [5.41, 5.74) is -0.702. The number of hydrogen-bond donors (Lipinski definition) is 2. The Hall–Kier alpha value is -1.06. The van der Waals surface area contributed by atoms with Gasteiger partial charge in [-0.3, -0.25) is 9.59 Å². The number of aliphatic carboxylic acids is 1. The van der Waals surface area contributed by atoms with Crippen LogP contribution in [0.15, 0.2) is 0 Å². The number of carbonyl (C=O) groups excluding carboxylic acids is 1. The molecule has 0 spiro atoms. The molecule has 0 aliphatic heterocycles. The third-order valence-electron chi connectivity index (χ3n) is 3.23. The van der Waals surface area contributed by atoms with Gasteiger partial charge in [0.15, 0.2) is 0 Å². The number of rotatable bonds is 5. The van der Waals surface area contributed by atoms with Crippen LogP contribution in [0.3, 0.4) is 0 Å². The van der Waals surface area contributed by atoms with Crippen LogP contribution >= 0.6 is 0 Å². The zero-order valence-electron chi connectivity index (χ0n) is 10.1. The number of amides is 1. The number of nitrogens with one attached hydrogen (secondary N) is 1. The minimum Gasteiger partial charge on any atom is -0.481 e. The van der Waals surface area contributed by atoms with Gasteiger partial charge in [-0.05, 0) is 18.8 Å². The number of carboxylic acid groups (broad SMARTS) is 1. The van der Waals surface area contributed by atoms with Crippen molar-refractivity contribution in [3.63, 3.8) is 0 Å². The Bertz CT molecular complexity index is 267. The van der Waals surface area contributed by atoms with Crippen molar-refractivity contribution in [1.82, 2.24) is 5.32 Å². The molecule has 4 nitrogen and oxygen atoms in total. The van der Waals surface area contributed by atoms with E-state index in [-0.39, 0.29) is 12.5 Å². The lowest BCUT2D eigenvalue weighted by Crippen LogP contribution is -2.41. The van der Waals surface area contributed by atoms with E-state index in [9.17, 15) is 14.7 Å². The summed E-state index contributed by atoms with van der Waals surface area (Å²) >= 11 is 0. The molecule has 0 saturated heterocycles. The van der Waals surface area contributed by atoms with Crippen LogP contribution in [-0.2, 0) is 9.59 Å². The smallest absolute Gasteiger partial charge is 0.311 e. The fourth-order valence-electron chi connectivity index (χ4n) is 2.23. The molecule has 0 radical (unpaired) electrons. The van der Waals surface area contributed by atoms with Crippen LogP contribution in [0.2, 0.25) is 0 Å². The highest BCUT2D eigenvalue weighted by Crippen LogP contribution is 2.37. The van der Waals surface area contributed by atoms with Crippen LogP contribution < -0.4 is 5.32 Å². The Labute approximate surface area is 96.4 Å². The van der Waals surface area contributed by atoms with Crippen molar-refractivity contribution >= 4 is 11.9 Å². The van der Waals surface area contributed by atoms with Crippen LogP contribution in [0.25, 0.3) is 0 Å². The maximum Gasteiger partial charge on any atom is 0.311 e. The molecule has 0 aromatic rings. The Morgan fingerprint density at radius 1 is 1.31 bits per heavy atom. The molecule has 92 valence electrons. The van der Waals surface area contributed by atoms with Crippen LogP contribution in [-0.4, -0.2) is 23.5 Å². The van der Waals surface area contributed by atoms with Crippen LogP contribution in [0, 0.1) is 11.3 Å². The van der Waals surface area contributed by atoms with Gasteiger partial charge in [-0.15, -0.1) is 0 Å². The molecular formula is C12H21NO3. The predicted octanol–water partition coefficient (Wildman–Crippen LogP) is 1.79. The minimum absolute atomic E-state index is 0.0393. The molecule has 1 aliphatic rings. The van der Waals surface area contributed by atoms with Crippen molar-refractivity contribution in [1.29, 1.82) is 0 Å². The van der Waals surface area contributed by atoms with Gasteiger partial charge >= 0.3 is 5.97 Å². The second-order valence-corrected chi connectivity index (χ2v) is 5.17. The van der Waals surface area contributed by atoms with E-state index >= 15 is 0 Å². The van der Waals surface area contributed by atoms with Gasteiger partial charge in [-0.2, -0.15) is 0 Å². The molecule has 0 unspecified atom stereocenters. The van der Waals surface area contributed by atoms with Crippen LogP contribution in [0.1, 0.15) is 46.0 Å². The van der Waals surface area contributed by atoms with Crippen molar-refractivity contribution < 1.29 is 14.7 Å². The van der Waals surface area contributed by atoms with Gasteiger partial charge in [-0.1, -0.05) is 26.7 Å². The first kappa shape index (κ1) is 13.0. The van der Waals surface area contributed by atoms with E-state index < -0.39 is 11.4 Å². The summed E-state index contributed by atoms with van der Waals surface area (Å²) < 4.78 is 0. The van der Waals surface area contributed by atoms with E-state index in [1.807, 2.05) is 13.8 Å². The highest BCUT2D eigenvalue weighted by Gasteiger charge is 2.41. The normalized spacial score (nSPS) is 18.7. The van der Waals surface area contributed by atoms with E-state index in [0.717, 1.165) is 12.8 Å². The van der Waals surface area contributed by atoms with E-state index in [0.29, 0.717) is 25.2 Å². The number of carboxylic acids is 1. The van der Waals surface area contributed by atoms with Gasteiger partial charge in [0.25, 0.3) is 0 Å². The third-order valence-corrected chi connectivity index (χ3v) is 3.23. The molecule has 0 heterocycles. The summed E-state index contributed by atoms with van der Waals surface area (Å²) in [6.07, 6.45) is 3.74. The van der Waals surface area contributed by atoms with Gasteiger partial charge in [0.1, 0.15) is 0 Å². The summed E-state index contributed by atoms with van der Waals surface area (Å²) in [6, 6.07) is 0. The lowest BCUT2D eigenvalue weighted by molar-refractivity contribution is -0.148. The van der Waals surface area contributed by atoms with E-state index in [1.54, 1.807) is 0 Å². The van der Waals surface area contributed by atoms with Crippen molar-refractivity contribution in [2.45, 2.75) is 46.0 Å². The average molecular weight is 227 g/mol. The Balaban J connectivity index is 2.45. The second-order valence-electron chi connectivity index (χ2n) is 5.17. The largest absolute Gasteiger partial charge is 0.481 e. The Kier molecular flexibility index (Phi) is 4.33. The molecule has 0 aromatic heterocycles. The van der Waals surface area contributed by atoms with Crippen molar-refractivity contribution in [3.8, 4) is 0 Å². The quantitative estimate of drug-likeness (QED) is 0.752. The second kappa shape index (κ2) is 5.32. The Morgan fingerprint density at radius 2 is 1.88 bits per heavy atom. The molecule has 1 amide bonds. The molecule has 0 aromatic carbocycles. The molecule has 0 atom stereocenters. The molecule has 1 saturated carbocycles. The molecule has 1 aliphatic carbocycles. The lowest BCUT2D eigenvalue weighted by Gasteiger charge is -2.24. The van der Waals surface area contributed by atoms with Gasteiger partial charge in [0.2, 0.25) is 5.91 Å². The maximum absolute atomic E-state index is 11.5. The molecule has 4 heteroatoms. The molecule has 2 N–H and O–H groups in total. The van der Waals surface area contributed by atoms with Gasteiger partial charge < -0.3 is 10.4 Å². The van der Waals surface area contributed by atoms with Gasteiger partial charge in [0, 0.05) is 13.0 Å². The first-order valence-electron chi connectivity index (χ1n) is 5.96. The summed E-state index contributed by atoms with van der Waals surface area (Å²) in [4.78, 5) is 22.7. The average Bonchev–Trinajstić information content (AvgIpc) is 2.63. The minimum atomic E-state index is -0.769. The summed E-state index contributed by atoms with van der Waals surface area (Å²) in [5.74, 6) is -0.498. The van der Waals surface area contributed by atoms with Crippen molar-refractivity contribution in [2.75, 3.05) is 6.54 Å². The standard InChI is InChI=1S/C12H21NO3/c1-9(2)7-10(14)13-8-12(11(15)16)5-3-4-6-12/h9H,3-8H2,1-2H3,(H,13,14)(H,15,16). The maximum atomic E-state index is 11.5. The number of carbonyl (C=O) groups is 2. The monoisotopic (exact) mass is 227 g/mol. The first-order chi connectivity index (χ1) is 7.46. The zero-order chi connectivity index (χ0) is 12.2. The van der Waals surface area contributed by atoms with Gasteiger partial charge in [0.05, 0.1) is 5.41 Å². The lowest BCUT2D eigenvalue weighted by atomic mass is 9.86. The third kappa shape index (κ3) is 3.22. The molecule has 1 fully saturated rings. The summed E-state index contributed by atoms with van der Waals surface area (Å²) in [7, 11) is 0. The molecule has 0 bridgehead atoms. The van der Waals surface area contributed by atoms with Crippen molar-refractivity contribution in [3.05, 3.63) is 0 Å². The van der Waals surface area contributed by atoms with Crippen LogP contribution in [0.4, 0.5) is 0 Å². The summed E-state index contributed by atoms with van der Waals surface area (Å²) in [5, 5.41) is 12.0. The highest BCUT2D eigenvalue weighted by atomic mass is 16.4. The SMILES string of the molecule is CC(C)CC(=O)NCC1(C(=O)O)CCCC1. The van der Waals surface area contributed by atoms with Crippen LogP contribution in [0.5, 0.6) is 0 Å². The molecule has 16 heavy (non-hydrogen) atoms. The fourth-order valence-corrected chi connectivity index (χ4v) is 2.23. The first-order valence-corrected chi connectivity index (χ1v) is 5.96.